The van der Waals surface area contributed by atoms with E-state index in [2.05, 4.69) is 9.97 Å². The minimum atomic E-state index is -0.379. The molecule has 1 N–H and O–H groups in total. The minimum Gasteiger partial charge on any atom is -0.493 e. The fourth-order valence-electron chi connectivity index (χ4n) is 2.48. The monoisotopic (exact) mass is 326 g/mol. The first kappa shape index (κ1) is 15.9. The van der Waals surface area contributed by atoms with Crippen molar-refractivity contribution in [1.82, 2.24) is 9.97 Å². The molecule has 0 unspecified atom stereocenters. The van der Waals surface area contributed by atoms with E-state index in [1.54, 1.807) is 25.3 Å². The van der Waals surface area contributed by atoms with Gasteiger partial charge in [-0.3, -0.25) is 0 Å². The van der Waals surface area contributed by atoms with Crippen LogP contribution in [-0.4, -0.2) is 36.8 Å². The molecule has 0 spiro atoms. The SMILES string of the molecule is CCOc1cc(-c2nc3ccc(C(=O)OC)cc3[nH]2)ccc1OC. The number of aromatic nitrogens is 2. The molecule has 24 heavy (non-hydrogen) atoms. The average molecular weight is 326 g/mol. The van der Waals surface area contributed by atoms with E-state index >= 15 is 0 Å². The van der Waals surface area contributed by atoms with Gasteiger partial charge in [-0.25, -0.2) is 9.78 Å². The Morgan fingerprint density at radius 2 is 1.96 bits per heavy atom. The molecule has 0 aliphatic carbocycles. The van der Waals surface area contributed by atoms with Crippen LogP contribution in [0.2, 0.25) is 0 Å². The quantitative estimate of drug-likeness (QED) is 0.727. The summed E-state index contributed by atoms with van der Waals surface area (Å²) in [5.41, 5.74) is 2.88. The second kappa shape index (κ2) is 6.62. The molecule has 3 aromatic rings. The van der Waals surface area contributed by atoms with Crippen LogP contribution in [0.5, 0.6) is 11.5 Å². The van der Waals surface area contributed by atoms with Crippen LogP contribution in [0.1, 0.15) is 17.3 Å². The minimum absolute atomic E-state index is 0.379. The topological polar surface area (TPSA) is 73.4 Å². The van der Waals surface area contributed by atoms with E-state index in [1.165, 1.54) is 7.11 Å². The highest BCUT2D eigenvalue weighted by Crippen LogP contribution is 2.32. The van der Waals surface area contributed by atoms with Crippen LogP contribution in [0.4, 0.5) is 0 Å². The number of esters is 1. The zero-order valence-corrected chi connectivity index (χ0v) is 13.8. The van der Waals surface area contributed by atoms with Gasteiger partial charge < -0.3 is 19.2 Å². The maximum Gasteiger partial charge on any atom is 0.337 e. The van der Waals surface area contributed by atoms with Gasteiger partial charge in [-0.15, -0.1) is 0 Å². The van der Waals surface area contributed by atoms with Gasteiger partial charge in [-0.2, -0.15) is 0 Å². The molecule has 6 nitrogen and oxygen atoms in total. The third kappa shape index (κ3) is 2.90. The van der Waals surface area contributed by atoms with Gasteiger partial charge in [-0.1, -0.05) is 0 Å². The Hall–Kier alpha value is -3.02. The largest absolute Gasteiger partial charge is 0.493 e. The van der Waals surface area contributed by atoms with Gasteiger partial charge in [0.1, 0.15) is 5.82 Å². The van der Waals surface area contributed by atoms with Crippen molar-refractivity contribution in [1.29, 1.82) is 0 Å². The van der Waals surface area contributed by atoms with Gasteiger partial charge in [0.2, 0.25) is 0 Å². The number of aromatic amines is 1. The number of hydrogen-bond acceptors (Lipinski definition) is 5. The maximum atomic E-state index is 11.6. The Bertz CT molecular complexity index is 886. The van der Waals surface area contributed by atoms with Gasteiger partial charge in [0.05, 0.1) is 37.4 Å². The molecule has 0 amide bonds. The van der Waals surface area contributed by atoms with Crippen LogP contribution in [0.15, 0.2) is 36.4 Å². The fraction of sp³-hybridized carbons (Fsp3) is 0.222. The Labute approximate surface area is 139 Å². The van der Waals surface area contributed by atoms with Crippen molar-refractivity contribution in [3.63, 3.8) is 0 Å². The van der Waals surface area contributed by atoms with Crippen LogP contribution in [0.25, 0.3) is 22.4 Å². The third-order valence-electron chi connectivity index (χ3n) is 3.64. The van der Waals surface area contributed by atoms with E-state index < -0.39 is 0 Å². The number of carbonyl (C=O) groups is 1. The molecule has 1 aromatic heterocycles. The predicted octanol–water partition coefficient (Wildman–Crippen LogP) is 3.42. The number of imidazole rings is 1. The molecule has 0 saturated carbocycles. The lowest BCUT2D eigenvalue weighted by molar-refractivity contribution is 0.0601. The summed E-state index contributed by atoms with van der Waals surface area (Å²) < 4.78 is 15.6. The molecule has 0 radical (unpaired) electrons. The van der Waals surface area contributed by atoms with E-state index in [4.69, 9.17) is 14.2 Å². The predicted molar refractivity (Wildman–Crippen MR) is 90.6 cm³/mol. The van der Waals surface area contributed by atoms with Crippen LogP contribution in [0, 0.1) is 0 Å². The summed E-state index contributed by atoms with van der Waals surface area (Å²) in [7, 11) is 2.96. The van der Waals surface area contributed by atoms with Crippen molar-refractivity contribution in [2.24, 2.45) is 0 Å². The molecule has 0 atom stereocenters. The highest BCUT2D eigenvalue weighted by atomic mass is 16.5. The first-order valence-corrected chi connectivity index (χ1v) is 7.55. The molecule has 0 saturated heterocycles. The number of H-pyrrole nitrogens is 1. The summed E-state index contributed by atoms with van der Waals surface area (Å²) >= 11 is 0. The summed E-state index contributed by atoms with van der Waals surface area (Å²) in [6.07, 6.45) is 0. The van der Waals surface area contributed by atoms with Crippen molar-refractivity contribution < 1.29 is 19.0 Å². The number of fused-ring (bicyclic) bond motifs is 1. The van der Waals surface area contributed by atoms with Crippen molar-refractivity contribution in [3.05, 3.63) is 42.0 Å². The smallest absolute Gasteiger partial charge is 0.337 e. The molecular formula is C18H18N2O4. The number of methoxy groups -OCH3 is 2. The van der Waals surface area contributed by atoms with E-state index in [0.717, 1.165) is 16.6 Å². The zero-order valence-electron chi connectivity index (χ0n) is 13.8. The van der Waals surface area contributed by atoms with Crippen molar-refractivity contribution >= 4 is 17.0 Å². The maximum absolute atomic E-state index is 11.6. The van der Waals surface area contributed by atoms with Gasteiger partial charge in [0, 0.05) is 5.56 Å². The summed E-state index contributed by atoms with van der Waals surface area (Å²) in [6.45, 7) is 2.46. The van der Waals surface area contributed by atoms with Gasteiger partial charge in [-0.05, 0) is 43.3 Å². The third-order valence-corrected chi connectivity index (χ3v) is 3.64. The van der Waals surface area contributed by atoms with Gasteiger partial charge in [0.25, 0.3) is 0 Å². The summed E-state index contributed by atoms with van der Waals surface area (Å²) in [6, 6.07) is 10.8. The number of carbonyl (C=O) groups excluding carboxylic acids is 1. The molecular weight excluding hydrogens is 308 g/mol. The van der Waals surface area contributed by atoms with Gasteiger partial charge in [0.15, 0.2) is 11.5 Å². The first-order chi connectivity index (χ1) is 11.7. The second-order valence-corrected chi connectivity index (χ2v) is 5.11. The summed E-state index contributed by atoms with van der Waals surface area (Å²) in [4.78, 5) is 19.4. The molecule has 2 aromatic carbocycles. The molecule has 6 heteroatoms. The Kier molecular flexibility index (Phi) is 4.37. The normalized spacial score (nSPS) is 10.6. The van der Waals surface area contributed by atoms with Crippen LogP contribution < -0.4 is 9.47 Å². The van der Waals surface area contributed by atoms with E-state index in [-0.39, 0.29) is 5.97 Å². The fourth-order valence-corrected chi connectivity index (χ4v) is 2.48. The lowest BCUT2D eigenvalue weighted by atomic mass is 10.2. The second-order valence-electron chi connectivity index (χ2n) is 5.11. The molecule has 3 rings (SSSR count). The lowest BCUT2D eigenvalue weighted by Gasteiger charge is -2.10. The van der Waals surface area contributed by atoms with E-state index in [0.29, 0.717) is 29.5 Å². The molecule has 0 aliphatic rings. The zero-order chi connectivity index (χ0) is 17.1. The Morgan fingerprint density at radius 3 is 2.67 bits per heavy atom. The number of hydrogen-bond donors (Lipinski definition) is 1. The molecule has 0 aliphatic heterocycles. The summed E-state index contributed by atoms with van der Waals surface area (Å²) in [5, 5.41) is 0. The van der Waals surface area contributed by atoms with E-state index in [9.17, 15) is 4.79 Å². The summed E-state index contributed by atoms with van der Waals surface area (Å²) in [5.74, 6) is 1.64. The standard InChI is InChI=1S/C18H18N2O4/c1-4-24-16-10-11(6-8-15(16)22-2)17-19-13-7-5-12(18(21)23-3)9-14(13)20-17/h5-10H,4H2,1-3H3,(H,19,20). The number of ether oxygens (including phenoxy) is 3. The highest BCUT2D eigenvalue weighted by Gasteiger charge is 2.12. The Morgan fingerprint density at radius 1 is 1.12 bits per heavy atom. The molecule has 0 bridgehead atoms. The number of nitrogens with zero attached hydrogens (tertiary/aromatic N) is 1. The van der Waals surface area contributed by atoms with E-state index in [1.807, 2.05) is 25.1 Å². The van der Waals surface area contributed by atoms with Crippen molar-refractivity contribution in [2.45, 2.75) is 6.92 Å². The van der Waals surface area contributed by atoms with Gasteiger partial charge >= 0.3 is 5.97 Å². The van der Waals surface area contributed by atoms with Crippen molar-refractivity contribution in [3.8, 4) is 22.9 Å². The molecule has 1 heterocycles. The van der Waals surface area contributed by atoms with Crippen molar-refractivity contribution in [2.75, 3.05) is 20.8 Å². The molecule has 124 valence electrons. The average Bonchev–Trinajstić information content (AvgIpc) is 3.04. The van der Waals surface area contributed by atoms with Crippen LogP contribution in [0.3, 0.4) is 0 Å². The number of rotatable bonds is 5. The first-order valence-electron chi connectivity index (χ1n) is 7.55. The Balaban J connectivity index is 2.03. The van der Waals surface area contributed by atoms with Crippen LogP contribution in [-0.2, 0) is 4.74 Å². The number of nitrogens with one attached hydrogen (secondary N) is 1. The highest BCUT2D eigenvalue weighted by molar-refractivity contribution is 5.94. The lowest BCUT2D eigenvalue weighted by Crippen LogP contribution is -2.00. The van der Waals surface area contributed by atoms with Crippen LogP contribution >= 0.6 is 0 Å². The number of benzene rings is 2. The molecule has 0 fully saturated rings.